The zero-order chi connectivity index (χ0) is 33.4. The Hall–Kier alpha value is -2.01. The van der Waals surface area contributed by atoms with E-state index in [0.29, 0.717) is 37.4 Å². The smallest absolute Gasteiger partial charge is 0.410 e. The maximum absolute atomic E-state index is 13.5. The fourth-order valence-electron chi connectivity index (χ4n) is 6.41. The highest BCUT2D eigenvalue weighted by Gasteiger charge is 2.42. The topological polar surface area (TPSA) is 106 Å². The van der Waals surface area contributed by atoms with Crippen molar-refractivity contribution in [2.24, 2.45) is 5.92 Å². The minimum absolute atomic E-state index is 0.0274. The molecule has 0 spiro atoms. The number of aldehydes is 1. The van der Waals surface area contributed by atoms with Crippen LogP contribution in [0.3, 0.4) is 0 Å². The number of piperazine rings is 1. The molecule has 1 aliphatic carbocycles. The predicted molar refractivity (Wildman–Crippen MR) is 179 cm³/mol. The van der Waals surface area contributed by atoms with E-state index in [1.54, 1.807) is 24.8 Å². The van der Waals surface area contributed by atoms with Crippen molar-refractivity contribution in [2.75, 3.05) is 26.2 Å². The predicted octanol–water partition coefficient (Wildman–Crippen LogP) is 6.41. The summed E-state index contributed by atoms with van der Waals surface area (Å²) in [5.74, 6) is -0.752. The van der Waals surface area contributed by atoms with Crippen LogP contribution in [0.1, 0.15) is 99.3 Å². The first-order chi connectivity index (χ1) is 21.0. The van der Waals surface area contributed by atoms with Crippen molar-refractivity contribution in [3.63, 3.8) is 0 Å². The van der Waals surface area contributed by atoms with Crippen LogP contribution < -0.4 is 0 Å². The quantitative estimate of drug-likeness (QED) is 0.0881. The normalized spacial score (nSPS) is 31.6. The highest BCUT2D eigenvalue weighted by Crippen LogP contribution is 2.39. The standard InChI is InChI=1S/C35H60N2O7Si/c1-26-15-16-30(42-33(40)37-22-20-36(21-23-37)28-13-11-9-10-12-14-28)35(6,41)19-17-29(44-45(7,8)34(3,4)5)25-31(39)43-32(26)27(2)18-24-38/h15-16,18,24,26,28-30,32,41H,9-14,17,19-23,25H2,1-8H3/b16-15+,27-18+/t26?,29?,30-,32-,35+/m0/s1. The van der Waals surface area contributed by atoms with Gasteiger partial charge in [0.15, 0.2) is 14.4 Å². The first-order valence-corrected chi connectivity index (χ1v) is 20.0. The Labute approximate surface area is 272 Å². The first kappa shape index (κ1) is 37.4. The minimum Gasteiger partial charge on any atom is -0.457 e. The highest BCUT2D eigenvalue weighted by molar-refractivity contribution is 6.74. The van der Waals surface area contributed by atoms with Crippen LogP contribution in [0.25, 0.3) is 0 Å². The van der Waals surface area contributed by atoms with Crippen molar-refractivity contribution in [2.45, 2.75) is 147 Å². The van der Waals surface area contributed by atoms with Crippen LogP contribution in [0.2, 0.25) is 18.1 Å². The van der Waals surface area contributed by atoms with Gasteiger partial charge >= 0.3 is 12.1 Å². The molecule has 9 nitrogen and oxygen atoms in total. The summed E-state index contributed by atoms with van der Waals surface area (Å²) in [5, 5.41) is 11.7. The molecule has 5 atom stereocenters. The monoisotopic (exact) mass is 648 g/mol. The van der Waals surface area contributed by atoms with Gasteiger partial charge in [-0.15, -0.1) is 0 Å². The van der Waals surface area contributed by atoms with Crippen LogP contribution in [0.5, 0.6) is 0 Å². The lowest BCUT2D eigenvalue weighted by Gasteiger charge is -2.41. The largest absolute Gasteiger partial charge is 0.457 e. The summed E-state index contributed by atoms with van der Waals surface area (Å²) < 4.78 is 18.7. The molecule has 2 fully saturated rings. The Morgan fingerprint density at radius 1 is 1.07 bits per heavy atom. The van der Waals surface area contributed by atoms with Crippen molar-refractivity contribution in [3.8, 4) is 0 Å². The Morgan fingerprint density at radius 2 is 1.69 bits per heavy atom. The summed E-state index contributed by atoms with van der Waals surface area (Å²) in [4.78, 5) is 42.3. The molecule has 2 unspecified atom stereocenters. The molecule has 1 amide bonds. The van der Waals surface area contributed by atoms with E-state index in [9.17, 15) is 19.5 Å². The highest BCUT2D eigenvalue weighted by atomic mass is 28.4. The van der Waals surface area contributed by atoms with Gasteiger partial charge in [-0.05, 0) is 75.4 Å². The van der Waals surface area contributed by atoms with Crippen LogP contribution in [0, 0.1) is 5.92 Å². The number of amides is 1. The molecular weight excluding hydrogens is 588 g/mol. The van der Waals surface area contributed by atoms with Gasteiger partial charge in [0.05, 0.1) is 12.5 Å². The van der Waals surface area contributed by atoms with Crippen LogP contribution in [-0.2, 0) is 23.5 Å². The first-order valence-electron chi connectivity index (χ1n) is 17.1. The molecule has 0 aromatic carbocycles. The third-order valence-corrected chi connectivity index (χ3v) is 15.0. The molecular formula is C35H60N2O7Si. The van der Waals surface area contributed by atoms with E-state index in [1.165, 1.54) is 44.6 Å². The van der Waals surface area contributed by atoms with Gasteiger partial charge in [0.2, 0.25) is 0 Å². The van der Waals surface area contributed by atoms with E-state index in [-0.39, 0.29) is 23.8 Å². The van der Waals surface area contributed by atoms with E-state index < -0.39 is 44.3 Å². The molecule has 3 aliphatic rings. The maximum atomic E-state index is 13.5. The van der Waals surface area contributed by atoms with Crippen LogP contribution in [0.4, 0.5) is 4.79 Å². The average Bonchev–Trinajstić information content (AvgIpc) is 3.25. The SMILES string of the molecule is C/C(=C\C=O)[C@H]1OC(=O)CC(O[Si](C)(C)C(C)(C)C)CC[C@@](C)(O)[C@@H](OC(=O)N2CCN(C3CCCCCC3)CC2)/C=C/C1C. The summed E-state index contributed by atoms with van der Waals surface area (Å²) in [6.07, 6.45) is 11.4. The van der Waals surface area contributed by atoms with Crippen molar-refractivity contribution in [1.82, 2.24) is 9.80 Å². The summed E-state index contributed by atoms with van der Waals surface area (Å²) in [7, 11) is -2.27. The minimum atomic E-state index is -2.27. The molecule has 0 aromatic rings. The van der Waals surface area contributed by atoms with Crippen molar-refractivity contribution >= 4 is 26.7 Å². The van der Waals surface area contributed by atoms with Gasteiger partial charge in [0.25, 0.3) is 0 Å². The Kier molecular flexibility index (Phi) is 13.5. The van der Waals surface area contributed by atoms with E-state index in [0.717, 1.165) is 13.1 Å². The fourth-order valence-corrected chi connectivity index (χ4v) is 7.80. The lowest BCUT2D eigenvalue weighted by atomic mass is 9.89. The van der Waals surface area contributed by atoms with E-state index in [2.05, 4.69) is 38.8 Å². The van der Waals surface area contributed by atoms with E-state index >= 15 is 0 Å². The number of cyclic esters (lactones) is 1. The van der Waals surface area contributed by atoms with Crippen molar-refractivity contribution < 1.29 is 33.4 Å². The van der Waals surface area contributed by atoms with Gasteiger partial charge in [-0.3, -0.25) is 14.5 Å². The molecule has 10 heteroatoms. The fraction of sp³-hybridized carbons (Fsp3) is 0.800. The number of hydrogen-bond acceptors (Lipinski definition) is 8. The number of nitrogens with zero attached hydrogens (tertiary/aromatic N) is 2. The van der Waals surface area contributed by atoms with Crippen molar-refractivity contribution in [3.05, 3.63) is 23.8 Å². The second-order valence-electron chi connectivity index (χ2n) is 15.3. The van der Waals surface area contributed by atoms with Crippen LogP contribution >= 0.6 is 0 Å². The van der Waals surface area contributed by atoms with Gasteiger partial charge in [-0.2, -0.15) is 0 Å². The molecule has 1 saturated carbocycles. The second-order valence-corrected chi connectivity index (χ2v) is 20.0. The lowest BCUT2D eigenvalue weighted by molar-refractivity contribution is -0.151. The number of rotatable bonds is 6. The molecule has 45 heavy (non-hydrogen) atoms. The third kappa shape index (κ3) is 10.8. The Balaban J connectivity index is 1.82. The maximum Gasteiger partial charge on any atom is 0.410 e. The Morgan fingerprint density at radius 3 is 2.27 bits per heavy atom. The van der Waals surface area contributed by atoms with Gasteiger partial charge in [-0.25, -0.2) is 4.79 Å². The number of hydrogen-bond donors (Lipinski definition) is 1. The van der Waals surface area contributed by atoms with Crippen LogP contribution in [-0.4, -0.2) is 97.7 Å². The number of aliphatic hydroxyl groups is 1. The molecule has 2 heterocycles. The molecule has 0 aromatic heterocycles. The number of carbonyl (C=O) groups is 3. The molecule has 256 valence electrons. The van der Waals surface area contributed by atoms with E-state index in [1.807, 2.05) is 13.0 Å². The summed E-state index contributed by atoms with van der Waals surface area (Å²) in [5.41, 5.74) is -0.795. The molecule has 2 aliphatic heterocycles. The van der Waals surface area contributed by atoms with Crippen molar-refractivity contribution in [1.29, 1.82) is 0 Å². The van der Waals surface area contributed by atoms with Crippen LogP contribution in [0.15, 0.2) is 23.8 Å². The van der Waals surface area contributed by atoms with Gasteiger partial charge in [0.1, 0.15) is 18.0 Å². The molecule has 3 rings (SSSR count). The number of carbonyl (C=O) groups excluding carboxylic acids is 3. The number of ether oxygens (including phenoxy) is 2. The van der Waals surface area contributed by atoms with E-state index in [4.69, 9.17) is 13.9 Å². The molecule has 0 bridgehead atoms. The number of allylic oxidation sites excluding steroid dienone is 1. The summed E-state index contributed by atoms with van der Waals surface area (Å²) in [6, 6.07) is 0.599. The molecule has 1 saturated heterocycles. The third-order valence-electron chi connectivity index (χ3n) is 10.5. The molecule has 0 radical (unpaired) electrons. The second kappa shape index (κ2) is 16.2. The Bertz CT molecular complexity index is 1050. The average molecular weight is 649 g/mol. The van der Waals surface area contributed by atoms with Gasteiger partial charge < -0.3 is 23.9 Å². The van der Waals surface area contributed by atoms with Gasteiger partial charge in [0, 0.05) is 38.1 Å². The zero-order valence-electron chi connectivity index (χ0n) is 29.2. The lowest BCUT2D eigenvalue weighted by Crippen LogP contribution is -2.53. The number of esters is 1. The summed E-state index contributed by atoms with van der Waals surface area (Å²) in [6.45, 7) is 18.9. The van der Waals surface area contributed by atoms with Gasteiger partial charge in [-0.1, -0.05) is 59.5 Å². The summed E-state index contributed by atoms with van der Waals surface area (Å²) >= 11 is 0. The zero-order valence-corrected chi connectivity index (χ0v) is 30.2. The molecule has 1 N–H and O–H groups in total.